The predicted octanol–water partition coefficient (Wildman–Crippen LogP) is 1.78. The Morgan fingerprint density at radius 3 is 2.92 bits per heavy atom. The minimum absolute atomic E-state index is 0.200. The topological polar surface area (TPSA) is 76.5 Å². The van der Waals surface area contributed by atoms with Gasteiger partial charge in [0.15, 0.2) is 5.82 Å². The van der Waals surface area contributed by atoms with Crippen molar-refractivity contribution in [2.24, 2.45) is 0 Å². The molecule has 7 nitrogen and oxygen atoms in total. The number of hydrogen-bond donors (Lipinski definition) is 1. The molecule has 3 rings (SSSR count). The first-order valence-electron chi connectivity index (χ1n) is 7.48. The highest BCUT2D eigenvalue weighted by atomic mass is 19.1. The summed E-state index contributed by atoms with van der Waals surface area (Å²) in [5.41, 5.74) is 1.62. The maximum absolute atomic E-state index is 14.4. The fraction of sp³-hybridized carbons (Fsp3) is 0.312. The van der Waals surface area contributed by atoms with Gasteiger partial charge in [0.1, 0.15) is 11.8 Å². The zero-order chi connectivity index (χ0) is 17.3. The van der Waals surface area contributed by atoms with E-state index < -0.39 is 18.0 Å². The van der Waals surface area contributed by atoms with Crippen molar-refractivity contribution < 1.29 is 18.7 Å². The number of hydrogen-bond acceptors (Lipinski definition) is 4. The minimum atomic E-state index is -0.563. The normalized spacial score (nSPS) is 17.0. The number of benzene rings is 1. The van der Waals surface area contributed by atoms with E-state index >= 15 is 0 Å². The standard InChI is InChI=1S/C16H17FN4O3/c1-10-6-19-21(8-10)15-4-3-12(5-14(15)17)20-9-13(24-16(20)23)7-18-11(2)22/h3-6,8,13H,7,9H2,1-2H3,(H,18,22). The van der Waals surface area contributed by atoms with Crippen LogP contribution in [0.25, 0.3) is 5.69 Å². The van der Waals surface area contributed by atoms with Gasteiger partial charge in [-0.25, -0.2) is 13.9 Å². The van der Waals surface area contributed by atoms with Crippen LogP contribution in [0.3, 0.4) is 0 Å². The van der Waals surface area contributed by atoms with E-state index in [1.807, 2.05) is 6.92 Å². The SMILES string of the molecule is CC(=O)NCC1CN(c2ccc(-n3cc(C)cn3)c(F)c2)C(=O)O1. The van der Waals surface area contributed by atoms with Crippen molar-refractivity contribution in [3.05, 3.63) is 42.0 Å². The van der Waals surface area contributed by atoms with Crippen molar-refractivity contribution in [2.45, 2.75) is 20.0 Å². The molecule has 126 valence electrons. The molecule has 0 saturated carbocycles. The molecule has 2 amide bonds. The van der Waals surface area contributed by atoms with Crippen LogP contribution in [-0.4, -0.2) is 41.0 Å². The molecule has 0 aliphatic carbocycles. The van der Waals surface area contributed by atoms with Crippen LogP contribution < -0.4 is 10.2 Å². The highest BCUT2D eigenvalue weighted by Gasteiger charge is 2.32. The number of anilines is 1. The number of carbonyl (C=O) groups is 2. The molecule has 0 bridgehead atoms. The van der Waals surface area contributed by atoms with Gasteiger partial charge < -0.3 is 10.1 Å². The average molecular weight is 332 g/mol. The molecular weight excluding hydrogens is 315 g/mol. The maximum atomic E-state index is 14.4. The summed E-state index contributed by atoms with van der Waals surface area (Å²) in [5.74, 6) is -0.692. The Hall–Kier alpha value is -2.90. The Bertz CT molecular complexity index is 789. The monoisotopic (exact) mass is 332 g/mol. The minimum Gasteiger partial charge on any atom is -0.442 e. The molecule has 24 heavy (non-hydrogen) atoms. The number of rotatable bonds is 4. The van der Waals surface area contributed by atoms with E-state index in [4.69, 9.17) is 4.74 Å². The van der Waals surface area contributed by atoms with Crippen LogP contribution in [-0.2, 0) is 9.53 Å². The van der Waals surface area contributed by atoms with Crippen molar-refractivity contribution in [1.29, 1.82) is 0 Å². The summed E-state index contributed by atoms with van der Waals surface area (Å²) in [6, 6.07) is 4.47. The highest BCUT2D eigenvalue weighted by molar-refractivity contribution is 5.90. The quantitative estimate of drug-likeness (QED) is 0.926. The van der Waals surface area contributed by atoms with Gasteiger partial charge in [-0.15, -0.1) is 0 Å². The smallest absolute Gasteiger partial charge is 0.414 e. The van der Waals surface area contributed by atoms with E-state index in [1.54, 1.807) is 24.5 Å². The largest absolute Gasteiger partial charge is 0.442 e. The lowest BCUT2D eigenvalue weighted by atomic mass is 10.2. The first-order valence-corrected chi connectivity index (χ1v) is 7.48. The molecule has 1 aliphatic rings. The Balaban J connectivity index is 1.77. The third-order valence-electron chi connectivity index (χ3n) is 3.65. The molecule has 8 heteroatoms. The van der Waals surface area contributed by atoms with Gasteiger partial charge >= 0.3 is 6.09 Å². The molecule has 1 unspecified atom stereocenters. The zero-order valence-corrected chi connectivity index (χ0v) is 13.3. The first kappa shape index (κ1) is 16.0. The summed E-state index contributed by atoms with van der Waals surface area (Å²) in [7, 11) is 0. The molecular formula is C16H17FN4O3. The molecule has 1 aliphatic heterocycles. The van der Waals surface area contributed by atoms with Gasteiger partial charge in [0.2, 0.25) is 5.91 Å². The summed E-state index contributed by atoms with van der Waals surface area (Å²) in [4.78, 5) is 24.2. The van der Waals surface area contributed by atoms with Crippen molar-refractivity contribution in [1.82, 2.24) is 15.1 Å². The molecule has 2 aromatic rings. The van der Waals surface area contributed by atoms with Crippen LogP contribution in [0, 0.1) is 12.7 Å². The molecule has 1 atom stereocenters. The Kier molecular flexibility index (Phi) is 4.20. The second kappa shape index (κ2) is 6.31. The third kappa shape index (κ3) is 3.22. The summed E-state index contributed by atoms with van der Waals surface area (Å²) in [6.45, 7) is 3.73. The summed E-state index contributed by atoms with van der Waals surface area (Å²) >= 11 is 0. The van der Waals surface area contributed by atoms with Crippen LogP contribution in [0.15, 0.2) is 30.6 Å². The number of carbonyl (C=O) groups excluding carboxylic acids is 2. The number of nitrogens with one attached hydrogen (secondary N) is 1. The fourth-order valence-corrected chi connectivity index (χ4v) is 2.49. The van der Waals surface area contributed by atoms with Crippen LogP contribution in [0.5, 0.6) is 0 Å². The van der Waals surface area contributed by atoms with Crippen molar-refractivity contribution >= 4 is 17.7 Å². The molecule has 1 fully saturated rings. The lowest BCUT2D eigenvalue weighted by molar-refractivity contribution is -0.119. The molecule has 0 radical (unpaired) electrons. The lowest BCUT2D eigenvalue weighted by Crippen LogP contribution is -2.33. The van der Waals surface area contributed by atoms with Gasteiger partial charge in [-0.1, -0.05) is 0 Å². The Morgan fingerprint density at radius 1 is 1.50 bits per heavy atom. The van der Waals surface area contributed by atoms with Crippen molar-refractivity contribution in [2.75, 3.05) is 18.0 Å². The van der Waals surface area contributed by atoms with Crippen LogP contribution in [0.4, 0.5) is 14.9 Å². The Labute approximate surface area is 138 Å². The van der Waals surface area contributed by atoms with Gasteiger partial charge in [-0.2, -0.15) is 5.10 Å². The third-order valence-corrected chi connectivity index (χ3v) is 3.65. The molecule has 0 spiro atoms. The van der Waals surface area contributed by atoms with E-state index in [-0.39, 0.29) is 19.0 Å². The first-order chi connectivity index (χ1) is 11.4. The number of aryl methyl sites for hydroxylation is 1. The van der Waals surface area contributed by atoms with Crippen LogP contribution in [0.1, 0.15) is 12.5 Å². The van der Waals surface area contributed by atoms with Crippen molar-refractivity contribution in [3.63, 3.8) is 0 Å². The van der Waals surface area contributed by atoms with E-state index in [0.29, 0.717) is 11.4 Å². The van der Waals surface area contributed by atoms with Crippen molar-refractivity contribution in [3.8, 4) is 5.69 Å². The maximum Gasteiger partial charge on any atom is 0.414 e. The second-order valence-electron chi connectivity index (χ2n) is 5.65. The molecule has 1 aromatic carbocycles. The fourth-order valence-electron chi connectivity index (χ4n) is 2.49. The number of aromatic nitrogens is 2. The number of nitrogens with zero attached hydrogens (tertiary/aromatic N) is 3. The van der Waals surface area contributed by atoms with Gasteiger partial charge in [0.05, 0.1) is 25.0 Å². The predicted molar refractivity (Wildman–Crippen MR) is 84.6 cm³/mol. The van der Waals surface area contributed by atoms with E-state index in [9.17, 15) is 14.0 Å². The molecule has 1 aromatic heterocycles. The molecule has 2 heterocycles. The second-order valence-corrected chi connectivity index (χ2v) is 5.65. The zero-order valence-electron chi connectivity index (χ0n) is 13.3. The average Bonchev–Trinajstić information content (AvgIpc) is 3.11. The summed E-state index contributed by atoms with van der Waals surface area (Å²) < 4.78 is 21.0. The van der Waals surface area contributed by atoms with Gasteiger partial charge in [-0.3, -0.25) is 9.69 Å². The number of ether oxygens (including phenoxy) is 1. The molecule has 1 N–H and O–H groups in total. The van der Waals surface area contributed by atoms with Gasteiger partial charge in [0, 0.05) is 13.1 Å². The van der Waals surface area contributed by atoms with Gasteiger partial charge in [-0.05, 0) is 30.7 Å². The van der Waals surface area contributed by atoms with Crippen LogP contribution in [0.2, 0.25) is 0 Å². The number of cyclic esters (lactones) is 1. The van der Waals surface area contributed by atoms with E-state index in [2.05, 4.69) is 10.4 Å². The van der Waals surface area contributed by atoms with E-state index in [1.165, 1.54) is 22.6 Å². The molecule has 1 saturated heterocycles. The summed E-state index contributed by atoms with van der Waals surface area (Å²) in [5, 5.41) is 6.67. The summed E-state index contributed by atoms with van der Waals surface area (Å²) in [6.07, 6.45) is 2.33. The lowest BCUT2D eigenvalue weighted by Gasteiger charge is -2.14. The Morgan fingerprint density at radius 2 is 2.29 bits per heavy atom. The number of halogens is 1. The van der Waals surface area contributed by atoms with Gasteiger partial charge in [0.25, 0.3) is 0 Å². The van der Waals surface area contributed by atoms with Crippen LogP contribution >= 0.6 is 0 Å². The highest BCUT2D eigenvalue weighted by Crippen LogP contribution is 2.25. The number of amides is 2. The van der Waals surface area contributed by atoms with E-state index in [0.717, 1.165) is 5.56 Å².